The Hall–Kier alpha value is -0.510. The fourth-order valence-corrected chi connectivity index (χ4v) is 3.20. The molecule has 0 spiro atoms. The van der Waals surface area contributed by atoms with Gasteiger partial charge in [-0.05, 0) is 53.5 Å². The van der Waals surface area contributed by atoms with E-state index in [1.54, 1.807) is 0 Å². The monoisotopic (exact) mass is 298 g/mol. The molecule has 1 fully saturated rings. The van der Waals surface area contributed by atoms with Gasteiger partial charge in [0, 0.05) is 32.1 Å². The van der Waals surface area contributed by atoms with E-state index in [4.69, 9.17) is 11.6 Å². The van der Waals surface area contributed by atoms with Crippen molar-refractivity contribution in [3.63, 3.8) is 0 Å². The fraction of sp³-hybridized carbons (Fsp3) is 0.333. The maximum absolute atomic E-state index is 6.01. The molecule has 0 amide bonds. The number of aromatic amines is 1. The second-order valence-electron chi connectivity index (χ2n) is 4.19. The van der Waals surface area contributed by atoms with Gasteiger partial charge in [0.2, 0.25) is 0 Å². The van der Waals surface area contributed by atoms with Crippen LogP contribution in [0.3, 0.4) is 0 Å². The van der Waals surface area contributed by atoms with Gasteiger partial charge in [0.25, 0.3) is 0 Å². The highest BCUT2D eigenvalue weighted by atomic mass is 79.9. The zero-order valence-electron chi connectivity index (χ0n) is 8.69. The topological polar surface area (TPSA) is 27.8 Å². The molecule has 0 saturated carbocycles. The van der Waals surface area contributed by atoms with Crippen molar-refractivity contribution in [1.82, 2.24) is 10.3 Å². The van der Waals surface area contributed by atoms with Gasteiger partial charge in [0.05, 0.1) is 0 Å². The molecule has 2 heterocycles. The Morgan fingerprint density at radius 2 is 2.25 bits per heavy atom. The molecule has 3 rings (SSSR count). The van der Waals surface area contributed by atoms with Crippen LogP contribution in [0.5, 0.6) is 0 Å². The van der Waals surface area contributed by atoms with E-state index in [1.807, 2.05) is 18.2 Å². The number of halogens is 2. The number of H-pyrrole nitrogens is 1. The molecular weight excluding hydrogens is 288 g/mol. The van der Waals surface area contributed by atoms with Crippen LogP contribution < -0.4 is 5.32 Å². The third-order valence-electron chi connectivity index (χ3n) is 3.13. The average Bonchev–Trinajstić information content (AvgIpc) is 2.87. The summed E-state index contributed by atoms with van der Waals surface area (Å²) in [7, 11) is 0. The molecule has 0 aliphatic carbocycles. The van der Waals surface area contributed by atoms with E-state index < -0.39 is 0 Å². The Morgan fingerprint density at radius 3 is 3.00 bits per heavy atom. The van der Waals surface area contributed by atoms with E-state index in [-0.39, 0.29) is 0 Å². The lowest BCUT2D eigenvalue weighted by atomic mass is 10.1. The van der Waals surface area contributed by atoms with Crippen LogP contribution in [0.15, 0.2) is 22.7 Å². The van der Waals surface area contributed by atoms with E-state index in [9.17, 15) is 0 Å². The Bertz CT molecular complexity index is 529. The van der Waals surface area contributed by atoms with Crippen molar-refractivity contribution in [2.75, 3.05) is 6.54 Å². The molecule has 1 unspecified atom stereocenters. The summed E-state index contributed by atoms with van der Waals surface area (Å²) < 4.78 is 1.14. The van der Waals surface area contributed by atoms with Crippen molar-refractivity contribution in [2.45, 2.75) is 18.9 Å². The first-order valence-electron chi connectivity index (χ1n) is 5.46. The molecule has 0 radical (unpaired) electrons. The number of rotatable bonds is 1. The van der Waals surface area contributed by atoms with Gasteiger partial charge in [0.15, 0.2) is 0 Å². The van der Waals surface area contributed by atoms with Gasteiger partial charge < -0.3 is 10.3 Å². The summed E-state index contributed by atoms with van der Waals surface area (Å²) in [6, 6.07) is 6.38. The Labute approximate surface area is 107 Å². The Balaban J connectivity index is 2.15. The average molecular weight is 300 g/mol. The van der Waals surface area contributed by atoms with Crippen molar-refractivity contribution in [3.05, 3.63) is 33.4 Å². The minimum atomic E-state index is 0.445. The summed E-state index contributed by atoms with van der Waals surface area (Å²) in [5.74, 6) is 0. The largest absolute Gasteiger partial charge is 0.356 e. The zero-order chi connectivity index (χ0) is 11.1. The van der Waals surface area contributed by atoms with Crippen LogP contribution >= 0.6 is 27.5 Å². The molecule has 1 aliphatic rings. The number of aromatic nitrogens is 1. The summed E-state index contributed by atoms with van der Waals surface area (Å²) >= 11 is 9.68. The lowest BCUT2D eigenvalue weighted by Gasteiger charge is -2.08. The number of benzene rings is 1. The number of nitrogens with one attached hydrogen (secondary N) is 2. The number of hydrogen-bond acceptors (Lipinski definition) is 1. The normalized spacial score (nSPS) is 20.8. The van der Waals surface area contributed by atoms with Crippen LogP contribution in [0, 0.1) is 0 Å². The van der Waals surface area contributed by atoms with Gasteiger partial charge in [0.1, 0.15) is 0 Å². The van der Waals surface area contributed by atoms with Crippen LogP contribution in [-0.2, 0) is 0 Å². The summed E-state index contributed by atoms with van der Waals surface area (Å²) in [6.45, 7) is 1.10. The highest BCUT2D eigenvalue weighted by Gasteiger charge is 2.21. The first-order chi connectivity index (χ1) is 7.75. The minimum absolute atomic E-state index is 0.445. The van der Waals surface area contributed by atoms with Gasteiger partial charge in [-0.3, -0.25) is 0 Å². The van der Waals surface area contributed by atoms with Crippen molar-refractivity contribution < 1.29 is 0 Å². The number of fused-ring (bicyclic) bond motifs is 1. The highest BCUT2D eigenvalue weighted by Crippen LogP contribution is 2.35. The third-order valence-corrected chi connectivity index (χ3v) is 4.22. The number of hydrogen-bond donors (Lipinski definition) is 2. The van der Waals surface area contributed by atoms with Crippen LogP contribution in [0.4, 0.5) is 0 Å². The molecule has 1 atom stereocenters. The molecule has 16 heavy (non-hydrogen) atoms. The van der Waals surface area contributed by atoms with Crippen molar-refractivity contribution >= 4 is 38.4 Å². The molecule has 1 saturated heterocycles. The van der Waals surface area contributed by atoms with Gasteiger partial charge >= 0.3 is 0 Å². The van der Waals surface area contributed by atoms with Crippen LogP contribution in [0.25, 0.3) is 10.9 Å². The van der Waals surface area contributed by atoms with E-state index >= 15 is 0 Å². The second kappa shape index (κ2) is 4.06. The predicted octanol–water partition coefficient (Wildman–Crippen LogP) is 4.01. The van der Waals surface area contributed by atoms with Gasteiger partial charge in [-0.25, -0.2) is 0 Å². The van der Waals surface area contributed by atoms with Crippen molar-refractivity contribution in [1.29, 1.82) is 0 Å². The quantitative estimate of drug-likeness (QED) is 0.818. The lowest BCUT2D eigenvalue weighted by molar-refractivity contribution is 0.630. The Morgan fingerprint density at radius 1 is 1.38 bits per heavy atom. The maximum atomic E-state index is 6.01. The molecule has 1 aromatic carbocycles. The fourth-order valence-electron chi connectivity index (χ4n) is 2.32. The highest BCUT2D eigenvalue weighted by molar-refractivity contribution is 9.10. The molecule has 4 heteroatoms. The first kappa shape index (κ1) is 10.6. The van der Waals surface area contributed by atoms with Gasteiger partial charge in [-0.15, -0.1) is 0 Å². The van der Waals surface area contributed by atoms with E-state index in [0.29, 0.717) is 6.04 Å². The summed E-state index contributed by atoms with van der Waals surface area (Å²) in [6.07, 6.45) is 2.44. The van der Waals surface area contributed by atoms with E-state index in [2.05, 4.69) is 26.2 Å². The summed E-state index contributed by atoms with van der Waals surface area (Å²) in [5.41, 5.74) is 2.38. The van der Waals surface area contributed by atoms with Gasteiger partial charge in [-0.1, -0.05) is 11.6 Å². The van der Waals surface area contributed by atoms with E-state index in [0.717, 1.165) is 26.9 Å². The molecule has 2 nitrogen and oxygen atoms in total. The van der Waals surface area contributed by atoms with Gasteiger partial charge in [-0.2, -0.15) is 0 Å². The smallest absolute Gasteiger partial charge is 0.0485 e. The predicted molar refractivity (Wildman–Crippen MR) is 71.0 cm³/mol. The lowest BCUT2D eigenvalue weighted by Crippen LogP contribution is -2.13. The van der Waals surface area contributed by atoms with Crippen LogP contribution in [-0.4, -0.2) is 11.5 Å². The van der Waals surface area contributed by atoms with Crippen molar-refractivity contribution in [3.8, 4) is 0 Å². The molecular formula is C12H12BrClN2. The van der Waals surface area contributed by atoms with Crippen LogP contribution in [0.1, 0.15) is 24.6 Å². The molecule has 2 aromatic rings. The van der Waals surface area contributed by atoms with E-state index in [1.165, 1.54) is 18.5 Å². The molecule has 1 aliphatic heterocycles. The first-order valence-corrected chi connectivity index (χ1v) is 6.63. The minimum Gasteiger partial charge on any atom is -0.356 e. The molecule has 2 N–H and O–H groups in total. The van der Waals surface area contributed by atoms with Crippen molar-refractivity contribution in [2.24, 2.45) is 0 Å². The second-order valence-corrected chi connectivity index (χ2v) is 5.42. The third kappa shape index (κ3) is 1.67. The Kier molecular flexibility index (Phi) is 2.70. The SMILES string of the molecule is Clc1ccc2[nH]c(C3CCCN3)c(Br)c2c1. The summed E-state index contributed by atoms with van der Waals surface area (Å²) in [4.78, 5) is 3.46. The molecule has 1 aromatic heterocycles. The maximum Gasteiger partial charge on any atom is 0.0485 e. The molecule has 0 bridgehead atoms. The standard InChI is InChI=1S/C12H12BrClN2/c13-11-8-6-7(14)3-4-9(8)16-12(11)10-2-1-5-15-10/h3-4,6,10,15-16H,1-2,5H2. The summed E-state index contributed by atoms with van der Waals surface area (Å²) in [5, 5.41) is 5.43. The molecule has 84 valence electrons. The zero-order valence-corrected chi connectivity index (χ0v) is 11.0. The van der Waals surface area contributed by atoms with Crippen LogP contribution in [0.2, 0.25) is 5.02 Å².